The van der Waals surface area contributed by atoms with E-state index in [1.165, 1.54) is 5.56 Å². The van der Waals surface area contributed by atoms with Gasteiger partial charge in [-0.05, 0) is 70.4 Å². The first kappa shape index (κ1) is 26.1. The Morgan fingerprint density at radius 1 is 1.38 bits per heavy atom. The number of hydrogen-bond acceptors (Lipinski definition) is 6. The molecule has 0 aliphatic carbocycles. The molecule has 34 heavy (non-hydrogen) atoms. The minimum atomic E-state index is -2.84. The number of likely N-dealkylation sites (tertiary alicyclic amines) is 1. The number of nitrogens with one attached hydrogen (secondary N) is 2. The second-order valence-corrected chi connectivity index (χ2v) is 10.4. The Hall–Kier alpha value is -2.49. The molecule has 2 atom stereocenters. The van der Waals surface area contributed by atoms with Crippen molar-refractivity contribution in [3.8, 4) is 0 Å². The van der Waals surface area contributed by atoms with Gasteiger partial charge in [-0.1, -0.05) is 6.07 Å². The predicted molar refractivity (Wildman–Crippen MR) is 124 cm³/mol. The molecule has 0 saturated carbocycles. The van der Waals surface area contributed by atoms with Gasteiger partial charge in [0.25, 0.3) is 5.92 Å². The fourth-order valence-electron chi connectivity index (χ4n) is 4.55. The maximum Gasteiger partial charge on any atom is 0.408 e. The zero-order valence-electron chi connectivity index (χ0n) is 20.2. The fourth-order valence-corrected chi connectivity index (χ4v) is 4.55. The molecule has 1 fully saturated rings. The minimum Gasteiger partial charge on any atom is -0.480 e. The summed E-state index contributed by atoms with van der Waals surface area (Å²) >= 11 is 0. The topological polar surface area (TPSA) is 104 Å². The lowest BCUT2D eigenvalue weighted by Crippen LogP contribution is -2.50. The summed E-state index contributed by atoms with van der Waals surface area (Å²) in [5.41, 5.74) is 1.32. The van der Waals surface area contributed by atoms with Crippen molar-refractivity contribution in [3.05, 3.63) is 23.4 Å². The Balaban J connectivity index is 1.53. The summed E-state index contributed by atoms with van der Waals surface area (Å²) < 4.78 is 34.0. The molecule has 0 spiro atoms. The SMILES string of the molecule is CC(C)(C)OC(=O)N[C@@H](CCN1CC(CCc2ccc3c(n2)NCCC3)CC(F)(F)C1)C(=O)O. The largest absolute Gasteiger partial charge is 0.480 e. The van der Waals surface area contributed by atoms with Crippen LogP contribution in [-0.4, -0.2) is 70.8 Å². The molecule has 3 N–H and O–H groups in total. The number of halogens is 2. The predicted octanol–water partition coefficient (Wildman–Crippen LogP) is 3.70. The summed E-state index contributed by atoms with van der Waals surface area (Å²) in [4.78, 5) is 29.8. The van der Waals surface area contributed by atoms with Crippen LogP contribution in [0, 0.1) is 5.92 Å². The van der Waals surface area contributed by atoms with Crippen LogP contribution in [0.3, 0.4) is 0 Å². The van der Waals surface area contributed by atoms with Crippen molar-refractivity contribution in [2.24, 2.45) is 5.92 Å². The molecule has 0 aromatic carbocycles. The molecule has 3 heterocycles. The van der Waals surface area contributed by atoms with Gasteiger partial charge in [-0.3, -0.25) is 4.90 Å². The summed E-state index contributed by atoms with van der Waals surface area (Å²) in [6.07, 6.45) is 2.25. The van der Waals surface area contributed by atoms with Crippen LogP contribution in [0.15, 0.2) is 12.1 Å². The van der Waals surface area contributed by atoms with Crippen molar-refractivity contribution >= 4 is 17.9 Å². The Bertz CT molecular complexity index is 875. The molecule has 1 amide bonds. The van der Waals surface area contributed by atoms with Crippen LogP contribution in [0.4, 0.5) is 19.4 Å². The number of anilines is 1. The highest BCUT2D eigenvalue weighted by molar-refractivity contribution is 5.80. The number of carboxylic acids is 1. The van der Waals surface area contributed by atoms with Gasteiger partial charge in [-0.2, -0.15) is 0 Å². The molecule has 1 aromatic rings. The average molecular weight is 483 g/mol. The van der Waals surface area contributed by atoms with Gasteiger partial charge in [0.2, 0.25) is 0 Å². The Morgan fingerprint density at radius 3 is 2.85 bits per heavy atom. The summed E-state index contributed by atoms with van der Waals surface area (Å²) in [6, 6.07) is 2.83. The summed E-state index contributed by atoms with van der Waals surface area (Å²) in [5, 5.41) is 15.1. The van der Waals surface area contributed by atoms with Crippen LogP contribution >= 0.6 is 0 Å². The van der Waals surface area contributed by atoms with E-state index >= 15 is 0 Å². The number of hydrogen-bond donors (Lipinski definition) is 3. The lowest BCUT2D eigenvalue weighted by atomic mass is 9.90. The third kappa shape index (κ3) is 8.07. The summed E-state index contributed by atoms with van der Waals surface area (Å²) in [5.74, 6) is -3.39. The third-order valence-electron chi connectivity index (χ3n) is 6.04. The van der Waals surface area contributed by atoms with Gasteiger partial charge in [0.05, 0.1) is 6.54 Å². The first-order chi connectivity index (χ1) is 15.9. The number of amides is 1. The minimum absolute atomic E-state index is 0.00935. The van der Waals surface area contributed by atoms with E-state index in [2.05, 4.69) is 21.7 Å². The van der Waals surface area contributed by atoms with Gasteiger partial charge in [0.1, 0.15) is 17.5 Å². The number of nitrogens with zero attached hydrogens (tertiary/aromatic N) is 2. The maximum absolute atomic E-state index is 14.5. The van der Waals surface area contributed by atoms with E-state index in [1.54, 1.807) is 25.7 Å². The summed E-state index contributed by atoms with van der Waals surface area (Å²) in [7, 11) is 0. The molecule has 2 aliphatic rings. The van der Waals surface area contributed by atoms with Crippen LogP contribution < -0.4 is 10.6 Å². The van der Waals surface area contributed by atoms with E-state index < -0.39 is 36.2 Å². The van der Waals surface area contributed by atoms with Gasteiger partial charge in [-0.25, -0.2) is 23.4 Å². The van der Waals surface area contributed by atoms with Gasteiger partial charge < -0.3 is 20.5 Å². The molecule has 1 aromatic heterocycles. The fraction of sp³-hybridized carbons (Fsp3) is 0.708. The van der Waals surface area contributed by atoms with Crippen LogP contribution in [0.25, 0.3) is 0 Å². The monoisotopic (exact) mass is 482 g/mol. The number of aryl methyl sites for hydroxylation is 2. The van der Waals surface area contributed by atoms with Gasteiger partial charge in [0, 0.05) is 31.7 Å². The first-order valence-corrected chi connectivity index (χ1v) is 12.0. The van der Waals surface area contributed by atoms with E-state index in [-0.39, 0.29) is 25.3 Å². The first-order valence-electron chi connectivity index (χ1n) is 12.0. The van der Waals surface area contributed by atoms with Gasteiger partial charge in [0.15, 0.2) is 0 Å². The van der Waals surface area contributed by atoms with Gasteiger partial charge >= 0.3 is 12.1 Å². The smallest absolute Gasteiger partial charge is 0.408 e. The zero-order valence-corrected chi connectivity index (χ0v) is 20.2. The van der Waals surface area contributed by atoms with Crippen LogP contribution in [0.5, 0.6) is 0 Å². The van der Waals surface area contributed by atoms with Crippen molar-refractivity contribution in [1.82, 2.24) is 15.2 Å². The number of alkyl carbamates (subject to hydrolysis) is 1. The number of fused-ring (bicyclic) bond motifs is 1. The molecule has 1 saturated heterocycles. The van der Waals surface area contributed by atoms with Crippen molar-refractivity contribution in [3.63, 3.8) is 0 Å². The quantitative estimate of drug-likeness (QED) is 0.519. The van der Waals surface area contributed by atoms with Crippen molar-refractivity contribution < 1.29 is 28.2 Å². The molecule has 1 unspecified atom stereocenters. The van der Waals surface area contributed by atoms with Crippen molar-refractivity contribution in [2.45, 2.75) is 76.9 Å². The number of piperidine rings is 1. The number of carbonyl (C=O) groups excluding carboxylic acids is 1. The Morgan fingerprint density at radius 2 is 2.15 bits per heavy atom. The summed E-state index contributed by atoms with van der Waals surface area (Å²) in [6.45, 7) is 6.10. The van der Waals surface area contributed by atoms with E-state index in [0.29, 0.717) is 19.4 Å². The van der Waals surface area contributed by atoms with Gasteiger partial charge in [-0.15, -0.1) is 0 Å². The van der Waals surface area contributed by atoms with Crippen LogP contribution in [0.1, 0.15) is 57.7 Å². The van der Waals surface area contributed by atoms with Crippen molar-refractivity contribution in [1.29, 1.82) is 0 Å². The normalized spacial score (nSPS) is 21.1. The molecule has 3 rings (SSSR count). The standard InChI is InChI=1S/C24H36F2N4O4/c1-23(2,3)34-22(33)29-19(21(31)32)10-12-30-14-16(13-24(25,26)15-30)6-8-18-9-7-17-5-4-11-27-20(17)28-18/h7,9,16,19H,4-6,8,10-15H2,1-3H3,(H,27,28)(H,29,33)(H,31,32)/t16?,19-/m0/s1. The average Bonchev–Trinajstić information content (AvgIpc) is 2.72. The number of carbonyl (C=O) groups is 2. The Labute approximate surface area is 199 Å². The van der Waals surface area contributed by atoms with Crippen LogP contribution in [0.2, 0.25) is 0 Å². The molecule has 8 nitrogen and oxygen atoms in total. The zero-order chi connectivity index (χ0) is 24.9. The number of carboxylic acid groups (broad SMARTS) is 1. The highest BCUT2D eigenvalue weighted by Gasteiger charge is 2.40. The molecule has 0 bridgehead atoms. The molecular weight excluding hydrogens is 446 g/mol. The Kier molecular flexibility index (Phi) is 8.33. The lowest BCUT2D eigenvalue weighted by molar-refractivity contribution is -0.140. The van der Waals surface area contributed by atoms with Crippen LogP contribution in [-0.2, 0) is 22.4 Å². The molecule has 2 aliphatic heterocycles. The second kappa shape index (κ2) is 10.8. The van der Waals surface area contributed by atoms with E-state index in [4.69, 9.17) is 4.74 Å². The second-order valence-electron chi connectivity index (χ2n) is 10.4. The highest BCUT2D eigenvalue weighted by Crippen LogP contribution is 2.33. The number of pyridine rings is 1. The number of aromatic nitrogens is 1. The molecule has 190 valence electrons. The van der Waals surface area contributed by atoms with E-state index in [1.807, 2.05) is 6.07 Å². The number of aliphatic carboxylic acids is 1. The number of ether oxygens (including phenoxy) is 1. The van der Waals surface area contributed by atoms with E-state index in [0.717, 1.165) is 30.9 Å². The van der Waals surface area contributed by atoms with Crippen molar-refractivity contribution in [2.75, 3.05) is 31.5 Å². The number of rotatable bonds is 8. The van der Waals surface area contributed by atoms with E-state index in [9.17, 15) is 23.5 Å². The maximum atomic E-state index is 14.5. The number of alkyl halides is 2. The third-order valence-corrected chi connectivity index (χ3v) is 6.04. The molecule has 10 heteroatoms. The highest BCUT2D eigenvalue weighted by atomic mass is 19.3. The molecule has 0 radical (unpaired) electrons. The lowest BCUT2D eigenvalue weighted by Gasteiger charge is -2.38. The molecular formula is C24H36F2N4O4.